The third-order valence-corrected chi connectivity index (χ3v) is 4.32. The van der Waals surface area contributed by atoms with E-state index in [2.05, 4.69) is 22.3 Å². The first-order valence-corrected chi connectivity index (χ1v) is 9.02. The molecule has 0 fully saturated rings. The number of nitrogens with zero attached hydrogens (tertiary/aromatic N) is 1. The van der Waals surface area contributed by atoms with Gasteiger partial charge in [0, 0.05) is 35.6 Å². The number of hydrogen-bond donors (Lipinski definition) is 1. The van der Waals surface area contributed by atoms with Gasteiger partial charge in [0.15, 0.2) is 6.61 Å². The molecule has 0 atom stereocenters. The number of amides is 1. The number of rotatable bonds is 7. The lowest BCUT2D eigenvalue weighted by molar-refractivity contribution is -0.118. The normalized spacial score (nSPS) is 10.3. The maximum atomic E-state index is 12.1. The van der Waals surface area contributed by atoms with Gasteiger partial charge in [-0.15, -0.1) is 0 Å². The molecule has 0 spiro atoms. The van der Waals surface area contributed by atoms with Crippen LogP contribution in [0.3, 0.4) is 0 Å². The zero-order valence-corrected chi connectivity index (χ0v) is 15.8. The Morgan fingerprint density at radius 2 is 1.63 bits per heavy atom. The molecule has 0 unspecified atom stereocenters. The Morgan fingerprint density at radius 3 is 2.37 bits per heavy atom. The van der Waals surface area contributed by atoms with Crippen LogP contribution in [-0.2, 0) is 11.3 Å². The Hall–Kier alpha value is -2.98. The van der Waals surface area contributed by atoms with Crippen molar-refractivity contribution in [1.29, 1.82) is 0 Å². The summed E-state index contributed by atoms with van der Waals surface area (Å²) in [4.78, 5) is 14.3. The first-order valence-electron chi connectivity index (χ1n) is 8.64. The summed E-state index contributed by atoms with van der Waals surface area (Å²) < 4.78 is 5.77. The number of ether oxygens (including phenoxy) is 1. The van der Waals surface area contributed by atoms with Gasteiger partial charge in [0.2, 0.25) is 0 Å². The summed E-state index contributed by atoms with van der Waals surface area (Å²) in [7, 11) is 2.03. The second-order valence-electron chi connectivity index (χ2n) is 6.14. The molecule has 1 N–H and O–H groups in total. The number of benzene rings is 3. The van der Waals surface area contributed by atoms with E-state index in [1.807, 2.05) is 49.5 Å². The Kier molecular flexibility index (Phi) is 6.34. The van der Waals surface area contributed by atoms with Crippen LogP contribution in [0, 0.1) is 0 Å². The van der Waals surface area contributed by atoms with Crippen LogP contribution in [0.4, 0.5) is 11.4 Å². The van der Waals surface area contributed by atoms with E-state index < -0.39 is 0 Å². The summed E-state index contributed by atoms with van der Waals surface area (Å²) in [5.74, 6) is 0.482. The highest BCUT2D eigenvalue weighted by molar-refractivity contribution is 6.30. The van der Waals surface area contributed by atoms with Gasteiger partial charge in [0.1, 0.15) is 5.75 Å². The molecular formula is C22H21ClN2O2. The molecule has 5 heteroatoms. The Morgan fingerprint density at radius 1 is 0.963 bits per heavy atom. The van der Waals surface area contributed by atoms with Gasteiger partial charge >= 0.3 is 0 Å². The summed E-state index contributed by atoms with van der Waals surface area (Å²) in [5, 5.41) is 3.42. The van der Waals surface area contributed by atoms with Gasteiger partial charge < -0.3 is 15.0 Å². The van der Waals surface area contributed by atoms with Crippen molar-refractivity contribution >= 4 is 28.9 Å². The van der Waals surface area contributed by atoms with Crippen LogP contribution in [-0.4, -0.2) is 19.6 Å². The maximum absolute atomic E-state index is 12.1. The molecule has 138 valence electrons. The average Bonchev–Trinajstić information content (AvgIpc) is 2.70. The van der Waals surface area contributed by atoms with Crippen LogP contribution >= 0.6 is 11.6 Å². The smallest absolute Gasteiger partial charge is 0.262 e. The Bertz CT molecular complexity index is 882. The van der Waals surface area contributed by atoms with E-state index in [0.717, 1.165) is 11.3 Å². The maximum Gasteiger partial charge on any atom is 0.262 e. The molecule has 3 rings (SSSR count). The molecule has 0 saturated heterocycles. The van der Waals surface area contributed by atoms with E-state index in [1.165, 1.54) is 0 Å². The summed E-state index contributed by atoms with van der Waals surface area (Å²) in [6.45, 7) is 0.619. The van der Waals surface area contributed by atoms with Crippen molar-refractivity contribution in [1.82, 2.24) is 0 Å². The van der Waals surface area contributed by atoms with E-state index in [0.29, 0.717) is 23.0 Å². The quantitative estimate of drug-likeness (QED) is 0.627. The molecule has 0 heterocycles. The highest BCUT2D eigenvalue weighted by Gasteiger charge is 2.09. The highest BCUT2D eigenvalue weighted by atomic mass is 35.5. The third kappa shape index (κ3) is 5.50. The van der Waals surface area contributed by atoms with Crippen LogP contribution in [0.2, 0.25) is 5.02 Å². The minimum absolute atomic E-state index is 0.0608. The molecule has 0 aliphatic carbocycles. The zero-order chi connectivity index (χ0) is 19.1. The van der Waals surface area contributed by atoms with Gasteiger partial charge in [-0.25, -0.2) is 0 Å². The van der Waals surface area contributed by atoms with Crippen molar-refractivity contribution in [3.8, 4) is 5.75 Å². The summed E-state index contributed by atoms with van der Waals surface area (Å²) in [6, 6.07) is 24.8. The molecule has 3 aromatic carbocycles. The molecule has 27 heavy (non-hydrogen) atoms. The predicted octanol–water partition coefficient (Wildman–Crippen LogP) is 4.99. The number of hydrogen-bond acceptors (Lipinski definition) is 3. The van der Waals surface area contributed by atoms with Gasteiger partial charge in [0.05, 0.1) is 0 Å². The van der Waals surface area contributed by atoms with Crippen LogP contribution in [0.5, 0.6) is 5.75 Å². The second-order valence-corrected chi connectivity index (χ2v) is 6.58. The fourth-order valence-corrected chi connectivity index (χ4v) is 2.80. The number of nitrogens with one attached hydrogen (secondary N) is 1. The molecule has 4 nitrogen and oxygen atoms in total. The van der Waals surface area contributed by atoms with E-state index in [-0.39, 0.29) is 12.5 Å². The fraction of sp³-hybridized carbons (Fsp3) is 0.136. The number of anilines is 2. The predicted molar refractivity (Wildman–Crippen MR) is 111 cm³/mol. The first kappa shape index (κ1) is 18.8. The first-order chi connectivity index (χ1) is 13.1. The Labute approximate surface area is 164 Å². The highest BCUT2D eigenvalue weighted by Crippen LogP contribution is 2.22. The molecule has 3 aromatic rings. The van der Waals surface area contributed by atoms with E-state index in [1.54, 1.807) is 24.3 Å². The largest absolute Gasteiger partial charge is 0.483 e. The lowest BCUT2D eigenvalue weighted by Crippen LogP contribution is -2.21. The molecule has 0 aliphatic heterocycles. The molecule has 0 aromatic heterocycles. The standard InChI is InChI=1S/C22H21ClN2O2/c1-25(20-8-3-2-4-9-20)15-17-7-5-6-10-21(17)27-16-22(26)24-19-13-11-18(23)12-14-19/h2-14H,15-16H2,1H3,(H,24,26). The Balaban J connectivity index is 1.60. The van der Waals surface area contributed by atoms with E-state index in [4.69, 9.17) is 16.3 Å². The molecule has 0 aliphatic rings. The van der Waals surface area contributed by atoms with Gasteiger partial charge in [-0.05, 0) is 42.5 Å². The van der Waals surface area contributed by atoms with Crippen molar-refractivity contribution in [3.05, 3.63) is 89.4 Å². The van der Waals surface area contributed by atoms with E-state index >= 15 is 0 Å². The van der Waals surface area contributed by atoms with Crippen LogP contribution in [0.25, 0.3) is 0 Å². The third-order valence-electron chi connectivity index (χ3n) is 4.06. The van der Waals surface area contributed by atoms with Crippen LogP contribution in [0.1, 0.15) is 5.56 Å². The molecule has 1 amide bonds. The number of carbonyl (C=O) groups is 1. The minimum Gasteiger partial charge on any atom is -0.483 e. The zero-order valence-electron chi connectivity index (χ0n) is 15.1. The van der Waals surface area contributed by atoms with Gasteiger partial charge in [-0.1, -0.05) is 48.0 Å². The van der Waals surface area contributed by atoms with Crippen molar-refractivity contribution < 1.29 is 9.53 Å². The van der Waals surface area contributed by atoms with Crippen molar-refractivity contribution in [2.75, 3.05) is 23.9 Å². The van der Waals surface area contributed by atoms with Gasteiger partial charge in [0.25, 0.3) is 5.91 Å². The van der Waals surface area contributed by atoms with E-state index in [9.17, 15) is 4.79 Å². The van der Waals surface area contributed by atoms with Crippen LogP contribution in [0.15, 0.2) is 78.9 Å². The molecule has 0 saturated carbocycles. The van der Waals surface area contributed by atoms with Crippen LogP contribution < -0.4 is 15.0 Å². The molecule has 0 bridgehead atoms. The molecule has 0 radical (unpaired) electrons. The monoisotopic (exact) mass is 380 g/mol. The topological polar surface area (TPSA) is 41.6 Å². The van der Waals surface area contributed by atoms with Crippen molar-refractivity contribution in [2.45, 2.75) is 6.54 Å². The van der Waals surface area contributed by atoms with Crippen molar-refractivity contribution in [2.24, 2.45) is 0 Å². The summed E-state index contributed by atoms with van der Waals surface area (Å²) in [5.41, 5.74) is 2.82. The number of halogens is 1. The summed E-state index contributed by atoms with van der Waals surface area (Å²) in [6.07, 6.45) is 0. The van der Waals surface area contributed by atoms with Gasteiger partial charge in [-0.2, -0.15) is 0 Å². The van der Waals surface area contributed by atoms with Crippen molar-refractivity contribution in [3.63, 3.8) is 0 Å². The minimum atomic E-state index is -0.219. The average molecular weight is 381 g/mol. The number of carbonyl (C=O) groups excluding carboxylic acids is 1. The SMILES string of the molecule is CN(Cc1ccccc1OCC(=O)Nc1ccc(Cl)cc1)c1ccccc1. The fourth-order valence-electron chi connectivity index (χ4n) is 2.68. The second kappa shape index (κ2) is 9.10. The van der Waals surface area contributed by atoms with Gasteiger partial charge in [-0.3, -0.25) is 4.79 Å². The lowest BCUT2D eigenvalue weighted by Gasteiger charge is -2.21. The number of para-hydroxylation sites is 2. The molecular weight excluding hydrogens is 360 g/mol. The lowest BCUT2D eigenvalue weighted by atomic mass is 10.2. The summed E-state index contributed by atoms with van der Waals surface area (Å²) >= 11 is 5.85.